The number of nitrogens with one attached hydrogen (secondary N) is 3. The maximum Gasteiger partial charge on any atom is 0.268 e. The number of fused-ring (bicyclic) bond motifs is 1. The lowest BCUT2D eigenvalue weighted by atomic mass is 9.72. The first-order chi connectivity index (χ1) is 28.4. The van der Waals surface area contributed by atoms with Crippen LogP contribution in [0.2, 0.25) is 5.02 Å². The second kappa shape index (κ2) is 17.3. The SMILES string of the molecule is Cc1cc(S(=O)(=O)NC(=O)c2ccc(N3CCN(CC4=C(c5ccc(Cl)cc5)CC(C)(C)CC4)CC3)cc2Oc2cccc3n[nH]nc23)ccc1NCC1CCOCC1. The molecule has 0 saturated carbocycles. The first-order valence-corrected chi connectivity index (χ1v) is 22.3. The van der Waals surface area contributed by atoms with Crippen molar-refractivity contribution in [1.29, 1.82) is 0 Å². The number of carbonyl (C=O) groups excluding carboxylic acids is 1. The number of aromatic amines is 1. The fraction of sp³-hybridized carbons (Fsp3) is 0.400. The molecule has 3 N–H and O–H groups in total. The molecule has 5 aromatic rings. The molecule has 0 radical (unpaired) electrons. The molecule has 1 aliphatic carbocycles. The largest absolute Gasteiger partial charge is 0.454 e. The molecule has 0 spiro atoms. The van der Waals surface area contributed by atoms with Crippen molar-refractivity contribution in [3.8, 4) is 11.5 Å². The van der Waals surface area contributed by atoms with Crippen LogP contribution in [0.25, 0.3) is 16.6 Å². The zero-order valence-electron chi connectivity index (χ0n) is 33.9. The van der Waals surface area contributed by atoms with Crippen molar-refractivity contribution in [3.63, 3.8) is 0 Å². The number of hydrogen-bond donors (Lipinski definition) is 3. The highest BCUT2D eigenvalue weighted by Gasteiger charge is 2.30. The Morgan fingerprint density at radius 2 is 1.75 bits per heavy atom. The molecule has 59 heavy (non-hydrogen) atoms. The van der Waals surface area contributed by atoms with Gasteiger partial charge in [-0.2, -0.15) is 15.4 Å². The van der Waals surface area contributed by atoms with E-state index in [2.05, 4.69) is 61.2 Å². The van der Waals surface area contributed by atoms with Gasteiger partial charge >= 0.3 is 0 Å². The summed E-state index contributed by atoms with van der Waals surface area (Å²) in [6.45, 7) is 13.0. The van der Waals surface area contributed by atoms with Gasteiger partial charge in [-0.15, -0.1) is 0 Å². The third-order valence-electron chi connectivity index (χ3n) is 11.9. The fourth-order valence-electron chi connectivity index (χ4n) is 8.36. The standard InChI is InChI=1S/C45H52ClN7O5S/c1-30-25-36(12-14-39(30)47-28-31-16-23-57-24-17-31)59(55,56)50-44(54)37-13-11-35(26-42(37)58-41-6-4-5-40-43(41)49-51-48-40)53-21-19-52(20-22-53)29-33-15-18-45(2,3)27-38(33)32-7-9-34(46)10-8-32/h4-14,25-26,31,47H,15-24,27-29H2,1-3H3,(H,50,54)(H,48,49,51). The van der Waals surface area contributed by atoms with E-state index in [0.29, 0.717) is 22.7 Å². The summed E-state index contributed by atoms with van der Waals surface area (Å²) in [5.74, 6) is 0.291. The summed E-state index contributed by atoms with van der Waals surface area (Å²) in [5.41, 5.74) is 8.08. The lowest BCUT2D eigenvalue weighted by molar-refractivity contribution is 0.0699. The van der Waals surface area contributed by atoms with E-state index < -0.39 is 15.9 Å². The van der Waals surface area contributed by atoms with Gasteiger partial charge in [0.15, 0.2) is 11.3 Å². The third kappa shape index (κ3) is 9.59. The number of benzene rings is 4. The molecular formula is C45H52ClN7O5S. The van der Waals surface area contributed by atoms with Gasteiger partial charge in [0.2, 0.25) is 0 Å². The number of hydrogen-bond acceptors (Lipinski definition) is 10. The van der Waals surface area contributed by atoms with Gasteiger partial charge in [-0.1, -0.05) is 49.2 Å². The zero-order valence-corrected chi connectivity index (χ0v) is 35.5. The Morgan fingerprint density at radius 3 is 2.51 bits per heavy atom. The molecule has 3 aliphatic rings. The van der Waals surface area contributed by atoms with Gasteiger partial charge in [0.05, 0.1) is 10.5 Å². The van der Waals surface area contributed by atoms with E-state index in [1.165, 1.54) is 22.8 Å². The van der Waals surface area contributed by atoms with Crippen molar-refractivity contribution in [2.75, 3.05) is 62.7 Å². The number of aryl methyl sites for hydroxylation is 1. The minimum absolute atomic E-state index is 0.00252. The predicted octanol–water partition coefficient (Wildman–Crippen LogP) is 8.46. The molecule has 3 heterocycles. The van der Waals surface area contributed by atoms with Gasteiger partial charge in [0, 0.05) is 74.9 Å². The monoisotopic (exact) mass is 837 g/mol. The van der Waals surface area contributed by atoms with Gasteiger partial charge in [-0.05, 0) is 122 Å². The number of allylic oxidation sites excluding steroid dienone is 1. The molecule has 310 valence electrons. The number of aromatic nitrogens is 3. The highest BCUT2D eigenvalue weighted by molar-refractivity contribution is 7.90. The molecule has 2 fully saturated rings. The molecule has 1 amide bonds. The summed E-state index contributed by atoms with van der Waals surface area (Å²) in [4.78, 5) is 18.7. The van der Waals surface area contributed by atoms with Crippen LogP contribution in [0.5, 0.6) is 11.5 Å². The van der Waals surface area contributed by atoms with E-state index in [0.717, 1.165) is 107 Å². The van der Waals surface area contributed by atoms with Gasteiger partial charge in [0.1, 0.15) is 11.3 Å². The Labute approximate surface area is 351 Å². The van der Waals surface area contributed by atoms with Crippen LogP contribution in [-0.4, -0.2) is 87.1 Å². The van der Waals surface area contributed by atoms with Gasteiger partial charge in [-0.3, -0.25) is 9.69 Å². The number of carbonyl (C=O) groups is 1. The van der Waals surface area contributed by atoms with Crippen molar-refractivity contribution in [2.45, 2.75) is 57.8 Å². The number of sulfonamides is 1. The van der Waals surface area contributed by atoms with E-state index >= 15 is 0 Å². The average Bonchev–Trinajstić information content (AvgIpc) is 3.72. The lowest BCUT2D eigenvalue weighted by Gasteiger charge is -2.39. The van der Waals surface area contributed by atoms with Crippen molar-refractivity contribution >= 4 is 55.5 Å². The van der Waals surface area contributed by atoms with Gasteiger partial charge in [-0.25, -0.2) is 13.1 Å². The molecule has 0 atom stereocenters. The quantitative estimate of drug-likeness (QED) is 0.112. The van der Waals surface area contributed by atoms with Crippen molar-refractivity contribution in [3.05, 3.63) is 106 Å². The number of ether oxygens (including phenoxy) is 2. The van der Waals surface area contributed by atoms with Crippen LogP contribution in [-0.2, 0) is 14.8 Å². The number of rotatable bonds is 12. The Morgan fingerprint density at radius 1 is 0.966 bits per heavy atom. The van der Waals surface area contributed by atoms with Crippen LogP contribution < -0.4 is 19.7 Å². The molecule has 0 bridgehead atoms. The Balaban J connectivity index is 0.993. The highest BCUT2D eigenvalue weighted by atomic mass is 35.5. The maximum atomic E-state index is 13.9. The summed E-state index contributed by atoms with van der Waals surface area (Å²) in [5, 5.41) is 15.3. The number of piperazine rings is 1. The van der Waals surface area contributed by atoms with Gasteiger partial charge < -0.3 is 19.7 Å². The Hall–Kier alpha value is -4.95. The van der Waals surface area contributed by atoms with E-state index in [4.69, 9.17) is 21.1 Å². The number of anilines is 2. The van der Waals surface area contributed by atoms with Crippen LogP contribution in [0.3, 0.4) is 0 Å². The van der Waals surface area contributed by atoms with Crippen LogP contribution in [0, 0.1) is 18.3 Å². The normalized spacial score (nSPS) is 17.9. The highest BCUT2D eigenvalue weighted by Crippen LogP contribution is 2.43. The third-order valence-corrected chi connectivity index (χ3v) is 13.5. The van der Waals surface area contributed by atoms with Crippen LogP contribution in [0.4, 0.5) is 11.4 Å². The smallest absolute Gasteiger partial charge is 0.268 e. The number of H-pyrrole nitrogens is 1. The van der Waals surface area contributed by atoms with Crippen LogP contribution >= 0.6 is 11.6 Å². The predicted molar refractivity (Wildman–Crippen MR) is 233 cm³/mol. The molecule has 12 nitrogen and oxygen atoms in total. The Kier molecular flexibility index (Phi) is 12.0. The molecule has 0 unspecified atom stereocenters. The second-order valence-corrected chi connectivity index (χ2v) is 18.9. The number of halogens is 1. The minimum Gasteiger partial charge on any atom is -0.454 e. The summed E-state index contributed by atoms with van der Waals surface area (Å²) in [6.07, 6.45) is 5.25. The molecule has 4 aromatic carbocycles. The molecule has 14 heteroatoms. The minimum atomic E-state index is -4.23. The van der Waals surface area contributed by atoms with Crippen LogP contribution in [0.15, 0.2) is 89.3 Å². The molecule has 2 aliphatic heterocycles. The van der Waals surface area contributed by atoms with Crippen molar-refractivity contribution in [2.24, 2.45) is 11.3 Å². The first-order valence-electron chi connectivity index (χ1n) is 20.5. The molecule has 8 rings (SSSR count). The summed E-state index contributed by atoms with van der Waals surface area (Å²) >= 11 is 6.25. The van der Waals surface area contributed by atoms with Gasteiger partial charge in [0.25, 0.3) is 15.9 Å². The summed E-state index contributed by atoms with van der Waals surface area (Å²) < 4.78 is 41.5. The molecule has 2 saturated heterocycles. The second-order valence-electron chi connectivity index (χ2n) is 16.8. The van der Waals surface area contributed by atoms with E-state index in [-0.39, 0.29) is 21.6 Å². The summed E-state index contributed by atoms with van der Waals surface area (Å²) in [6, 6.07) is 23.7. The van der Waals surface area contributed by atoms with Crippen LogP contribution in [0.1, 0.15) is 67.4 Å². The van der Waals surface area contributed by atoms with E-state index in [1.807, 2.05) is 31.2 Å². The topological polar surface area (TPSA) is 142 Å². The number of amides is 1. The van der Waals surface area contributed by atoms with Crippen molar-refractivity contribution in [1.82, 2.24) is 25.0 Å². The number of nitrogens with zero attached hydrogens (tertiary/aromatic N) is 4. The van der Waals surface area contributed by atoms with E-state index in [9.17, 15) is 13.2 Å². The first kappa shape index (κ1) is 40.8. The lowest BCUT2D eigenvalue weighted by Crippen LogP contribution is -2.47. The summed E-state index contributed by atoms with van der Waals surface area (Å²) in [7, 11) is -4.23. The average molecular weight is 838 g/mol. The zero-order chi connectivity index (χ0) is 41.1. The maximum absolute atomic E-state index is 13.9. The molecular weight excluding hydrogens is 786 g/mol. The van der Waals surface area contributed by atoms with Crippen molar-refractivity contribution < 1.29 is 22.7 Å². The fourth-order valence-corrected chi connectivity index (χ4v) is 9.54. The van der Waals surface area contributed by atoms with E-state index in [1.54, 1.807) is 36.4 Å². The Bertz CT molecular complexity index is 2450. The number of para-hydroxylation sites is 1. The molecule has 1 aromatic heterocycles.